The van der Waals surface area contributed by atoms with Crippen LogP contribution < -0.4 is 15.4 Å². The third-order valence-electron chi connectivity index (χ3n) is 6.20. The number of amides is 2. The Kier molecular flexibility index (Phi) is 6.83. The zero-order chi connectivity index (χ0) is 25.9. The summed E-state index contributed by atoms with van der Waals surface area (Å²) in [7, 11) is 1.50. The Bertz CT molecular complexity index is 1480. The van der Waals surface area contributed by atoms with Crippen molar-refractivity contribution in [3.63, 3.8) is 0 Å². The van der Waals surface area contributed by atoms with Crippen LogP contribution >= 0.6 is 11.6 Å². The molecule has 0 aliphatic heterocycles. The Morgan fingerprint density at radius 3 is 2.57 bits per heavy atom. The van der Waals surface area contributed by atoms with Crippen molar-refractivity contribution in [1.29, 1.82) is 0 Å². The molecule has 37 heavy (non-hydrogen) atoms. The Morgan fingerprint density at radius 2 is 1.84 bits per heavy atom. The van der Waals surface area contributed by atoms with Gasteiger partial charge in [-0.3, -0.25) is 4.79 Å². The number of para-hydroxylation sites is 1. The number of phenolic OH excluding ortho intramolecular Hbond substituents is 1. The fraction of sp³-hybridized carbons (Fsp3) is 0.179. The van der Waals surface area contributed by atoms with Gasteiger partial charge in [0.05, 0.1) is 24.1 Å². The molecule has 3 aromatic carbocycles. The fourth-order valence-electron chi connectivity index (χ4n) is 4.10. The van der Waals surface area contributed by atoms with E-state index in [4.69, 9.17) is 16.3 Å². The number of hydrogen-bond acceptors (Lipinski definition) is 5. The van der Waals surface area contributed by atoms with Crippen LogP contribution in [-0.2, 0) is 6.54 Å². The lowest BCUT2D eigenvalue weighted by Gasteiger charge is -2.10. The number of carbonyl (C=O) groups excluding carboxylic acids is 2. The molecule has 4 aromatic rings. The molecular weight excluding hydrogens is 492 g/mol. The van der Waals surface area contributed by atoms with Crippen LogP contribution in [0.15, 0.2) is 72.8 Å². The van der Waals surface area contributed by atoms with E-state index in [-0.39, 0.29) is 30.2 Å². The van der Waals surface area contributed by atoms with Crippen LogP contribution in [-0.4, -0.2) is 33.9 Å². The number of halogens is 1. The number of nitrogens with zero attached hydrogens (tertiary/aromatic N) is 2. The molecule has 1 aliphatic rings. The summed E-state index contributed by atoms with van der Waals surface area (Å²) in [6, 6.07) is 20.5. The zero-order valence-electron chi connectivity index (χ0n) is 20.1. The first-order valence-electron chi connectivity index (χ1n) is 11.8. The van der Waals surface area contributed by atoms with Crippen LogP contribution in [0, 0.1) is 0 Å². The number of phenols is 1. The van der Waals surface area contributed by atoms with Crippen LogP contribution in [0.1, 0.15) is 40.4 Å². The lowest BCUT2D eigenvalue weighted by molar-refractivity contribution is 0.102. The van der Waals surface area contributed by atoms with Gasteiger partial charge in [0, 0.05) is 34.8 Å². The molecule has 1 fully saturated rings. The van der Waals surface area contributed by atoms with Crippen molar-refractivity contribution in [2.75, 3.05) is 12.4 Å². The number of nitrogens with one attached hydrogen (secondary N) is 2. The first-order chi connectivity index (χ1) is 17.9. The standard InChI is InChI=1S/C28H25ClN4O4/c1-37-26-9-5-3-7-21(26)27(35)31-19-12-13-20(25(34)14-19)23-15-24(17-10-11-17)33(32-23)28(36)30-16-18-6-2-4-8-22(18)29/h2-9,12-15,17,34H,10-11,16H2,1H3,(H,30,36)(H,31,35). The molecule has 1 saturated carbocycles. The monoisotopic (exact) mass is 516 g/mol. The van der Waals surface area contributed by atoms with Crippen molar-refractivity contribution in [3.05, 3.63) is 94.6 Å². The van der Waals surface area contributed by atoms with Gasteiger partial charge in [-0.1, -0.05) is 41.9 Å². The number of methoxy groups -OCH3 is 1. The van der Waals surface area contributed by atoms with Crippen molar-refractivity contribution >= 4 is 29.2 Å². The van der Waals surface area contributed by atoms with Crippen molar-refractivity contribution in [3.8, 4) is 22.8 Å². The highest BCUT2D eigenvalue weighted by molar-refractivity contribution is 6.31. The van der Waals surface area contributed by atoms with E-state index in [2.05, 4.69) is 15.7 Å². The Morgan fingerprint density at radius 1 is 1.08 bits per heavy atom. The highest BCUT2D eigenvalue weighted by atomic mass is 35.5. The number of aromatic nitrogens is 2. The second kappa shape index (κ2) is 10.4. The smallest absolute Gasteiger partial charge is 0.342 e. The van der Waals surface area contributed by atoms with E-state index in [9.17, 15) is 14.7 Å². The van der Waals surface area contributed by atoms with Gasteiger partial charge in [0.15, 0.2) is 0 Å². The summed E-state index contributed by atoms with van der Waals surface area (Å²) in [6.45, 7) is 0.268. The Labute approximate surface area is 218 Å². The van der Waals surface area contributed by atoms with Crippen LogP contribution in [0.25, 0.3) is 11.3 Å². The molecule has 0 atom stereocenters. The molecule has 0 spiro atoms. The minimum Gasteiger partial charge on any atom is -0.507 e. The third kappa shape index (κ3) is 5.29. The number of hydrogen-bond donors (Lipinski definition) is 3. The summed E-state index contributed by atoms with van der Waals surface area (Å²) >= 11 is 6.21. The van der Waals surface area contributed by atoms with Crippen LogP contribution in [0.3, 0.4) is 0 Å². The fourth-order valence-corrected chi connectivity index (χ4v) is 4.31. The summed E-state index contributed by atoms with van der Waals surface area (Å²) in [5.41, 5.74) is 3.31. The lowest BCUT2D eigenvalue weighted by Crippen LogP contribution is -2.30. The minimum absolute atomic E-state index is 0.0682. The van der Waals surface area contributed by atoms with Gasteiger partial charge in [-0.25, -0.2) is 4.79 Å². The third-order valence-corrected chi connectivity index (χ3v) is 6.56. The molecule has 188 valence electrons. The van der Waals surface area contributed by atoms with Crippen LogP contribution in [0.4, 0.5) is 10.5 Å². The molecule has 5 rings (SSSR count). The van der Waals surface area contributed by atoms with E-state index in [0.29, 0.717) is 33.3 Å². The van der Waals surface area contributed by atoms with Crippen LogP contribution in [0.5, 0.6) is 11.5 Å². The van der Waals surface area contributed by atoms with Crippen molar-refractivity contribution in [2.45, 2.75) is 25.3 Å². The number of ether oxygens (including phenoxy) is 1. The summed E-state index contributed by atoms with van der Waals surface area (Å²) < 4.78 is 6.61. The van der Waals surface area contributed by atoms with E-state index < -0.39 is 0 Å². The van der Waals surface area contributed by atoms with E-state index in [1.165, 1.54) is 17.9 Å². The van der Waals surface area contributed by atoms with Gasteiger partial charge in [0.25, 0.3) is 5.91 Å². The minimum atomic E-state index is -0.367. The summed E-state index contributed by atoms with van der Waals surface area (Å²) in [5, 5.41) is 21.5. The quantitative estimate of drug-likeness (QED) is 0.287. The van der Waals surface area contributed by atoms with Gasteiger partial charge in [0.2, 0.25) is 0 Å². The van der Waals surface area contributed by atoms with E-state index in [0.717, 1.165) is 24.1 Å². The van der Waals surface area contributed by atoms with Crippen molar-refractivity contribution < 1.29 is 19.4 Å². The molecule has 3 N–H and O–H groups in total. The first-order valence-corrected chi connectivity index (χ1v) is 12.2. The van der Waals surface area contributed by atoms with E-state index in [1.807, 2.05) is 24.3 Å². The summed E-state index contributed by atoms with van der Waals surface area (Å²) in [6.07, 6.45) is 1.95. The highest BCUT2D eigenvalue weighted by Crippen LogP contribution is 2.42. The van der Waals surface area contributed by atoms with Crippen LogP contribution in [0.2, 0.25) is 5.02 Å². The Balaban J connectivity index is 1.35. The number of anilines is 1. The van der Waals surface area contributed by atoms with E-state index >= 15 is 0 Å². The number of aromatic hydroxyl groups is 1. The van der Waals surface area contributed by atoms with Gasteiger partial charge < -0.3 is 20.5 Å². The van der Waals surface area contributed by atoms with E-state index in [1.54, 1.807) is 42.5 Å². The summed E-state index contributed by atoms with van der Waals surface area (Å²) in [5.74, 6) is 0.266. The van der Waals surface area contributed by atoms with Gasteiger partial charge in [-0.05, 0) is 54.8 Å². The molecule has 0 unspecified atom stereocenters. The molecule has 0 radical (unpaired) electrons. The summed E-state index contributed by atoms with van der Waals surface area (Å²) in [4.78, 5) is 25.7. The van der Waals surface area contributed by atoms with Gasteiger partial charge >= 0.3 is 6.03 Å². The molecule has 2 amide bonds. The molecule has 0 saturated heterocycles. The lowest BCUT2D eigenvalue weighted by atomic mass is 10.1. The normalized spacial score (nSPS) is 12.7. The van der Waals surface area contributed by atoms with Crippen molar-refractivity contribution in [1.82, 2.24) is 15.1 Å². The first kappa shape index (κ1) is 24.4. The Hall–Kier alpha value is -4.30. The second-order valence-electron chi connectivity index (χ2n) is 8.78. The molecular formula is C28H25ClN4O4. The highest BCUT2D eigenvalue weighted by Gasteiger charge is 2.31. The predicted molar refractivity (Wildman–Crippen MR) is 141 cm³/mol. The maximum atomic E-state index is 13.0. The predicted octanol–water partition coefficient (Wildman–Crippen LogP) is 5.81. The maximum Gasteiger partial charge on any atom is 0.342 e. The number of benzene rings is 3. The van der Waals surface area contributed by atoms with Crippen molar-refractivity contribution in [2.24, 2.45) is 0 Å². The molecule has 1 aliphatic carbocycles. The maximum absolute atomic E-state index is 13.0. The number of carbonyl (C=O) groups is 2. The average Bonchev–Trinajstić information content (AvgIpc) is 3.66. The molecule has 0 bridgehead atoms. The second-order valence-corrected chi connectivity index (χ2v) is 9.18. The largest absolute Gasteiger partial charge is 0.507 e. The zero-order valence-corrected chi connectivity index (χ0v) is 20.8. The molecule has 1 heterocycles. The number of rotatable bonds is 7. The molecule has 8 nitrogen and oxygen atoms in total. The topological polar surface area (TPSA) is 105 Å². The van der Waals surface area contributed by atoms with Gasteiger partial charge in [-0.2, -0.15) is 9.78 Å². The van der Waals surface area contributed by atoms with Gasteiger partial charge in [-0.15, -0.1) is 0 Å². The molecule has 1 aromatic heterocycles. The molecule has 9 heteroatoms. The SMILES string of the molecule is COc1ccccc1C(=O)Nc1ccc(-c2cc(C3CC3)n(C(=O)NCc3ccccc3Cl)n2)c(O)c1. The van der Waals surface area contributed by atoms with Gasteiger partial charge in [0.1, 0.15) is 11.5 Å². The average molecular weight is 517 g/mol.